The van der Waals surface area contributed by atoms with Crippen molar-refractivity contribution in [3.05, 3.63) is 46.0 Å². The van der Waals surface area contributed by atoms with Gasteiger partial charge in [-0.1, -0.05) is 0 Å². The van der Waals surface area contributed by atoms with Gasteiger partial charge in [0.25, 0.3) is 0 Å². The minimum atomic E-state index is -0.455. The lowest BCUT2D eigenvalue weighted by molar-refractivity contribution is -0.113. The Bertz CT molecular complexity index is 669. The fraction of sp³-hybridized carbons (Fsp3) is 0.412. The number of allylic oxidation sites excluding steroid dienone is 3. The highest BCUT2D eigenvalue weighted by Crippen LogP contribution is 2.40. The summed E-state index contributed by atoms with van der Waals surface area (Å²) in [5.74, 6) is 0.816. The fourth-order valence-corrected chi connectivity index (χ4v) is 3.53. The lowest BCUT2D eigenvalue weighted by Crippen LogP contribution is -2.27. The monoisotopic (exact) mass is 332 g/mol. The predicted octanol–water partition coefficient (Wildman–Crippen LogP) is 3.33. The second-order valence-corrected chi connectivity index (χ2v) is 6.17. The maximum absolute atomic E-state index is 12.1. The number of nitriles is 1. The molecule has 0 saturated carbocycles. The summed E-state index contributed by atoms with van der Waals surface area (Å²) >= 11 is 1.52. The van der Waals surface area contributed by atoms with Gasteiger partial charge in [-0.25, -0.2) is 0 Å². The number of carbonyl (C=O) groups excluding carboxylic acids is 1. The SMILES string of the molecule is CCOCCSC1=C(C#N)[C@@H](c2ccco2)C(C(C)=O)=C(C)N1. The van der Waals surface area contributed by atoms with Gasteiger partial charge in [0.2, 0.25) is 0 Å². The zero-order valence-electron chi connectivity index (χ0n) is 13.5. The first-order chi connectivity index (χ1) is 11.1. The van der Waals surface area contributed by atoms with Crippen LogP contribution in [0.15, 0.2) is 44.7 Å². The Morgan fingerprint density at radius 3 is 2.91 bits per heavy atom. The van der Waals surface area contributed by atoms with Crippen LogP contribution >= 0.6 is 11.8 Å². The van der Waals surface area contributed by atoms with Crippen molar-refractivity contribution in [2.75, 3.05) is 19.0 Å². The maximum atomic E-state index is 12.1. The number of thioether (sulfide) groups is 1. The normalized spacial score (nSPS) is 17.9. The molecule has 1 aromatic rings. The molecule has 0 spiro atoms. The molecule has 122 valence electrons. The van der Waals surface area contributed by atoms with Crippen LogP contribution in [0.1, 0.15) is 32.4 Å². The smallest absolute Gasteiger partial charge is 0.158 e. The molecular formula is C17H20N2O3S. The number of furan rings is 1. The van der Waals surface area contributed by atoms with E-state index in [2.05, 4.69) is 11.4 Å². The average Bonchev–Trinajstić information content (AvgIpc) is 3.04. The van der Waals surface area contributed by atoms with Gasteiger partial charge in [-0.3, -0.25) is 4.79 Å². The van der Waals surface area contributed by atoms with Crippen LogP contribution in [0.25, 0.3) is 0 Å². The zero-order valence-corrected chi connectivity index (χ0v) is 14.3. The number of rotatable bonds is 7. The van der Waals surface area contributed by atoms with E-state index in [4.69, 9.17) is 9.15 Å². The van der Waals surface area contributed by atoms with Crippen LogP contribution in [-0.2, 0) is 9.53 Å². The molecule has 0 aliphatic carbocycles. The third kappa shape index (κ3) is 3.87. The van der Waals surface area contributed by atoms with E-state index in [-0.39, 0.29) is 5.78 Å². The Balaban J connectivity index is 2.37. The maximum Gasteiger partial charge on any atom is 0.158 e. The fourth-order valence-electron chi connectivity index (χ4n) is 2.58. The number of hydrogen-bond acceptors (Lipinski definition) is 6. The first kappa shape index (κ1) is 17.4. The molecule has 2 rings (SSSR count). The molecule has 2 heterocycles. The van der Waals surface area contributed by atoms with Crippen molar-refractivity contribution >= 4 is 17.5 Å². The van der Waals surface area contributed by atoms with E-state index < -0.39 is 5.92 Å². The Morgan fingerprint density at radius 1 is 1.57 bits per heavy atom. The van der Waals surface area contributed by atoms with Gasteiger partial charge in [0.05, 0.1) is 35.5 Å². The van der Waals surface area contributed by atoms with Gasteiger partial charge in [-0.2, -0.15) is 5.26 Å². The molecule has 1 aliphatic rings. The van der Waals surface area contributed by atoms with Crippen LogP contribution in [0.4, 0.5) is 0 Å². The molecule has 0 fully saturated rings. The molecule has 0 unspecified atom stereocenters. The average molecular weight is 332 g/mol. The van der Waals surface area contributed by atoms with Crippen molar-refractivity contribution in [3.63, 3.8) is 0 Å². The standard InChI is InChI=1S/C17H20N2O3S/c1-4-21-8-9-23-17-13(10-18)16(14-6-5-7-22-14)15(12(3)20)11(2)19-17/h5-7,16,19H,4,8-9H2,1-3H3/t16-/m0/s1. The van der Waals surface area contributed by atoms with Gasteiger partial charge in [-0.15, -0.1) is 11.8 Å². The van der Waals surface area contributed by atoms with E-state index in [1.54, 1.807) is 18.4 Å². The molecule has 0 aromatic carbocycles. The summed E-state index contributed by atoms with van der Waals surface area (Å²) < 4.78 is 10.8. The third-order valence-electron chi connectivity index (χ3n) is 3.53. The van der Waals surface area contributed by atoms with Gasteiger partial charge in [-0.05, 0) is 32.9 Å². The Hall–Kier alpha value is -1.97. The van der Waals surface area contributed by atoms with Crippen molar-refractivity contribution in [1.82, 2.24) is 5.32 Å². The second-order valence-electron chi connectivity index (χ2n) is 5.07. The van der Waals surface area contributed by atoms with Crippen LogP contribution < -0.4 is 5.32 Å². The van der Waals surface area contributed by atoms with Gasteiger partial charge < -0.3 is 14.5 Å². The van der Waals surface area contributed by atoms with Gasteiger partial charge >= 0.3 is 0 Å². The minimum absolute atomic E-state index is 0.0671. The van der Waals surface area contributed by atoms with Crippen molar-refractivity contribution in [2.45, 2.75) is 26.7 Å². The molecular weight excluding hydrogens is 312 g/mol. The minimum Gasteiger partial charge on any atom is -0.468 e. The first-order valence-corrected chi connectivity index (χ1v) is 8.45. The highest BCUT2D eigenvalue weighted by atomic mass is 32.2. The zero-order chi connectivity index (χ0) is 16.8. The van der Waals surface area contributed by atoms with Crippen LogP contribution in [0.5, 0.6) is 0 Å². The molecule has 0 amide bonds. The van der Waals surface area contributed by atoms with E-state index >= 15 is 0 Å². The van der Waals surface area contributed by atoms with Crippen molar-refractivity contribution < 1.29 is 13.9 Å². The molecule has 1 aromatic heterocycles. The predicted molar refractivity (Wildman–Crippen MR) is 89.6 cm³/mol. The summed E-state index contributed by atoms with van der Waals surface area (Å²) in [6.45, 7) is 6.59. The highest BCUT2D eigenvalue weighted by molar-refractivity contribution is 8.03. The van der Waals surface area contributed by atoms with E-state index in [9.17, 15) is 10.1 Å². The van der Waals surface area contributed by atoms with Gasteiger partial charge in [0, 0.05) is 23.6 Å². The number of hydrogen-bond donors (Lipinski definition) is 1. The quantitative estimate of drug-likeness (QED) is 0.772. The van der Waals surface area contributed by atoms with Crippen molar-refractivity contribution in [1.29, 1.82) is 5.26 Å². The van der Waals surface area contributed by atoms with E-state index in [1.165, 1.54) is 18.7 Å². The number of Topliss-reactive ketones (excluding diaryl/α,β-unsaturated/α-hetero) is 1. The molecule has 1 atom stereocenters. The Kier molecular flexibility index (Phi) is 6.08. The van der Waals surface area contributed by atoms with Crippen LogP contribution in [0, 0.1) is 11.3 Å². The first-order valence-electron chi connectivity index (χ1n) is 7.47. The van der Waals surface area contributed by atoms with E-state index in [0.717, 1.165) is 16.5 Å². The number of ketones is 1. The molecule has 5 nitrogen and oxygen atoms in total. The number of ether oxygens (including phenoxy) is 1. The van der Waals surface area contributed by atoms with E-state index in [1.807, 2.05) is 13.8 Å². The summed E-state index contributed by atoms with van der Waals surface area (Å²) in [4.78, 5) is 12.1. The van der Waals surface area contributed by atoms with Crippen LogP contribution in [-0.4, -0.2) is 24.7 Å². The number of carbonyl (C=O) groups is 1. The number of nitrogens with zero attached hydrogens (tertiary/aromatic N) is 1. The lowest BCUT2D eigenvalue weighted by Gasteiger charge is -2.27. The summed E-state index contributed by atoms with van der Waals surface area (Å²) in [5, 5.41) is 13.6. The third-order valence-corrected chi connectivity index (χ3v) is 4.51. The topological polar surface area (TPSA) is 75.3 Å². The van der Waals surface area contributed by atoms with Crippen LogP contribution in [0.2, 0.25) is 0 Å². The summed E-state index contributed by atoms with van der Waals surface area (Å²) in [6, 6.07) is 5.81. The molecule has 23 heavy (non-hydrogen) atoms. The van der Waals surface area contributed by atoms with E-state index in [0.29, 0.717) is 30.1 Å². The molecule has 6 heteroatoms. The van der Waals surface area contributed by atoms with Crippen molar-refractivity contribution in [3.8, 4) is 6.07 Å². The van der Waals surface area contributed by atoms with Gasteiger partial charge in [0.1, 0.15) is 5.76 Å². The van der Waals surface area contributed by atoms with Crippen LogP contribution in [0.3, 0.4) is 0 Å². The molecule has 0 radical (unpaired) electrons. The number of dihydropyridines is 1. The Labute approximate surface area is 140 Å². The van der Waals surface area contributed by atoms with Crippen molar-refractivity contribution in [2.24, 2.45) is 0 Å². The van der Waals surface area contributed by atoms with Gasteiger partial charge in [0.15, 0.2) is 5.78 Å². The molecule has 1 N–H and O–H groups in total. The molecule has 0 saturated heterocycles. The summed E-state index contributed by atoms with van der Waals surface area (Å²) in [7, 11) is 0. The largest absolute Gasteiger partial charge is 0.468 e. The second kappa shape index (κ2) is 8.04. The summed E-state index contributed by atoms with van der Waals surface area (Å²) in [5.41, 5.74) is 1.85. The highest BCUT2D eigenvalue weighted by Gasteiger charge is 2.34. The Morgan fingerprint density at radius 2 is 2.35 bits per heavy atom. The number of nitrogens with one attached hydrogen (secondary N) is 1. The molecule has 0 bridgehead atoms. The summed E-state index contributed by atoms with van der Waals surface area (Å²) in [6.07, 6.45) is 1.56. The lowest BCUT2D eigenvalue weighted by atomic mass is 9.84. The molecule has 1 aliphatic heterocycles.